The number of amides is 1. The molecule has 22 heavy (non-hydrogen) atoms. The molecule has 120 valence electrons. The number of carbonyl (C=O) groups is 2. The van der Waals surface area contributed by atoms with Crippen molar-refractivity contribution in [3.8, 4) is 11.5 Å². The number of hydrogen-bond donors (Lipinski definition) is 2. The third kappa shape index (κ3) is 4.11. The lowest BCUT2D eigenvalue weighted by Gasteiger charge is -2.15. The van der Waals surface area contributed by atoms with Gasteiger partial charge in [-0.05, 0) is 13.0 Å². The average Bonchev–Trinajstić information content (AvgIpc) is 2.95. The number of carboxylic acids is 1. The zero-order chi connectivity index (χ0) is 16.1. The summed E-state index contributed by atoms with van der Waals surface area (Å²) in [7, 11) is 3.08. The van der Waals surface area contributed by atoms with E-state index < -0.39 is 5.97 Å². The molecule has 0 aromatic heterocycles. The second-order valence-electron chi connectivity index (χ2n) is 5.21. The van der Waals surface area contributed by atoms with Crippen LogP contribution in [0.1, 0.15) is 6.42 Å². The van der Waals surface area contributed by atoms with Crippen molar-refractivity contribution in [2.75, 3.05) is 39.2 Å². The fraction of sp³-hybridized carbons (Fsp3) is 0.467. The van der Waals surface area contributed by atoms with Gasteiger partial charge >= 0.3 is 5.97 Å². The van der Waals surface area contributed by atoms with Gasteiger partial charge in [-0.3, -0.25) is 14.5 Å². The Morgan fingerprint density at radius 1 is 1.27 bits per heavy atom. The number of rotatable bonds is 6. The van der Waals surface area contributed by atoms with Gasteiger partial charge in [0, 0.05) is 30.4 Å². The second kappa shape index (κ2) is 7.13. The van der Waals surface area contributed by atoms with E-state index in [0.29, 0.717) is 36.7 Å². The smallest absolute Gasteiger partial charge is 0.307 e. The summed E-state index contributed by atoms with van der Waals surface area (Å²) in [6.45, 7) is 1.19. The van der Waals surface area contributed by atoms with E-state index in [-0.39, 0.29) is 18.4 Å². The maximum Gasteiger partial charge on any atom is 0.307 e. The SMILES string of the molecule is COc1cc(NC(=O)CN2CCC(C(=O)O)C2)cc(OC)c1. The van der Waals surface area contributed by atoms with Crippen LogP contribution in [-0.2, 0) is 9.59 Å². The molecule has 7 heteroatoms. The van der Waals surface area contributed by atoms with Crippen LogP contribution in [0.5, 0.6) is 11.5 Å². The highest BCUT2D eigenvalue weighted by molar-refractivity contribution is 5.92. The average molecular weight is 308 g/mol. The number of ether oxygens (including phenoxy) is 2. The van der Waals surface area contributed by atoms with Gasteiger partial charge in [0.05, 0.1) is 26.7 Å². The number of anilines is 1. The highest BCUT2D eigenvalue weighted by atomic mass is 16.5. The highest BCUT2D eigenvalue weighted by Crippen LogP contribution is 2.25. The maximum absolute atomic E-state index is 12.1. The third-order valence-electron chi connectivity index (χ3n) is 3.62. The molecule has 7 nitrogen and oxygen atoms in total. The standard InChI is InChI=1S/C15H20N2O5/c1-21-12-5-11(6-13(7-12)22-2)16-14(18)9-17-4-3-10(8-17)15(19)20/h5-7,10H,3-4,8-9H2,1-2H3,(H,16,18)(H,19,20). The molecule has 1 fully saturated rings. The summed E-state index contributed by atoms with van der Waals surface area (Å²) in [5.41, 5.74) is 0.579. The van der Waals surface area contributed by atoms with Gasteiger partial charge in [0.1, 0.15) is 11.5 Å². The van der Waals surface area contributed by atoms with E-state index >= 15 is 0 Å². The van der Waals surface area contributed by atoms with Crippen molar-refractivity contribution in [1.29, 1.82) is 0 Å². The van der Waals surface area contributed by atoms with Crippen LogP contribution in [0.2, 0.25) is 0 Å². The largest absolute Gasteiger partial charge is 0.497 e. The van der Waals surface area contributed by atoms with E-state index in [2.05, 4.69) is 5.32 Å². The van der Waals surface area contributed by atoms with Gasteiger partial charge in [-0.25, -0.2) is 0 Å². The van der Waals surface area contributed by atoms with Gasteiger partial charge < -0.3 is 19.9 Å². The van der Waals surface area contributed by atoms with Gasteiger partial charge in [-0.1, -0.05) is 0 Å². The first-order chi connectivity index (χ1) is 10.5. The molecule has 1 unspecified atom stereocenters. The van der Waals surface area contributed by atoms with E-state index in [0.717, 1.165) is 0 Å². The molecule has 2 rings (SSSR count). The second-order valence-corrected chi connectivity index (χ2v) is 5.21. The zero-order valence-corrected chi connectivity index (χ0v) is 12.7. The van der Waals surface area contributed by atoms with Crippen LogP contribution in [0.3, 0.4) is 0 Å². The summed E-state index contributed by atoms with van der Waals surface area (Å²) in [6.07, 6.45) is 0.579. The topological polar surface area (TPSA) is 88.1 Å². The van der Waals surface area contributed by atoms with Crippen molar-refractivity contribution >= 4 is 17.6 Å². The van der Waals surface area contributed by atoms with Crippen LogP contribution in [0.4, 0.5) is 5.69 Å². The number of nitrogens with one attached hydrogen (secondary N) is 1. The number of likely N-dealkylation sites (tertiary alicyclic amines) is 1. The Morgan fingerprint density at radius 3 is 2.41 bits per heavy atom. The fourth-order valence-electron chi connectivity index (χ4n) is 2.46. The van der Waals surface area contributed by atoms with E-state index in [1.165, 1.54) is 14.2 Å². The van der Waals surface area contributed by atoms with Crippen molar-refractivity contribution in [2.45, 2.75) is 6.42 Å². The molecule has 2 N–H and O–H groups in total. The van der Waals surface area contributed by atoms with E-state index in [9.17, 15) is 9.59 Å². The highest BCUT2D eigenvalue weighted by Gasteiger charge is 2.28. The summed E-state index contributed by atoms with van der Waals surface area (Å²) >= 11 is 0. The molecule has 1 aliphatic heterocycles. The molecular weight excluding hydrogens is 288 g/mol. The molecule has 1 saturated heterocycles. The number of carbonyl (C=O) groups excluding carboxylic acids is 1. The normalized spacial score (nSPS) is 18.0. The Labute approximate surface area is 128 Å². The summed E-state index contributed by atoms with van der Waals surface area (Å²) in [5, 5.41) is 11.7. The van der Waals surface area contributed by atoms with Crippen molar-refractivity contribution in [1.82, 2.24) is 4.90 Å². The van der Waals surface area contributed by atoms with Crippen LogP contribution >= 0.6 is 0 Å². The predicted octanol–water partition coefficient (Wildman–Crippen LogP) is 1.05. The Balaban J connectivity index is 1.93. The first kappa shape index (κ1) is 16.1. The summed E-state index contributed by atoms with van der Waals surface area (Å²) in [5.74, 6) is -0.213. The molecule has 0 saturated carbocycles. The van der Waals surface area contributed by atoms with Crippen LogP contribution in [0.15, 0.2) is 18.2 Å². The number of benzene rings is 1. The van der Waals surface area contributed by atoms with Crippen LogP contribution < -0.4 is 14.8 Å². The van der Waals surface area contributed by atoms with Crippen LogP contribution in [-0.4, -0.2) is 55.7 Å². The minimum Gasteiger partial charge on any atom is -0.497 e. The molecule has 1 atom stereocenters. The molecule has 1 heterocycles. The monoisotopic (exact) mass is 308 g/mol. The first-order valence-corrected chi connectivity index (χ1v) is 7.00. The Morgan fingerprint density at radius 2 is 1.91 bits per heavy atom. The number of nitrogens with zero attached hydrogens (tertiary/aromatic N) is 1. The minimum absolute atomic E-state index is 0.170. The lowest BCUT2D eigenvalue weighted by Crippen LogP contribution is -2.32. The van der Waals surface area contributed by atoms with Gasteiger partial charge in [-0.15, -0.1) is 0 Å². The molecular formula is C15H20N2O5. The number of aliphatic carboxylic acids is 1. The molecule has 0 spiro atoms. The Bertz CT molecular complexity index is 539. The molecule has 0 bridgehead atoms. The first-order valence-electron chi connectivity index (χ1n) is 7.00. The molecule has 0 aliphatic carbocycles. The Hall–Kier alpha value is -2.28. The van der Waals surface area contributed by atoms with E-state index in [1.807, 2.05) is 4.90 Å². The van der Waals surface area contributed by atoms with E-state index in [4.69, 9.17) is 14.6 Å². The maximum atomic E-state index is 12.1. The van der Waals surface area contributed by atoms with Gasteiger partial charge in [0.15, 0.2) is 0 Å². The van der Waals surface area contributed by atoms with Crippen molar-refractivity contribution in [3.05, 3.63) is 18.2 Å². The Kier molecular flexibility index (Phi) is 5.21. The summed E-state index contributed by atoms with van der Waals surface area (Å²) in [6, 6.07) is 5.11. The number of hydrogen-bond acceptors (Lipinski definition) is 5. The molecule has 1 aromatic carbocycles. The molecule has 1 aromatic rings. The van der Waals surface area contributed by atoms with Crippen molar-refractivity contribution in [3.63, 3.8) is 0 Å². The summed E-state index contributed by atoms with van der Waals surface area (Å²) < 4.78 is 10.3. The molecule has 1 aliphatic rings. The van der Waals surface area contributed by atoms with Crippen LogP contribution in [0, 0.1) is 5.92 Å². The molecule has 0 radical (unpaired) electrons. The van der Waals surface area contributed by atoms with Crippen molar-refractivity contribution < 1.29 is 24.2 Å². The third-order valence-corrected chi connectivity index (χ3v) is 3.62. The lowest BCUT2D eigenvalue weighted by molar-refractivity contribution is -0.141. The van der Waals surface area contributed by atoms with Crippen molar-refractivity contribution in [2.24, 2.45) is 5.92 Å². The summed E-state index contributed by atoms with van der Waals surface area (Å²) in [4.78, 5) is 24.8. The van der Waals surface area contributed by atoms with E-state index in [1.54, 1.807) is 18.2 Å². The van der Waals surface area contributed by atoms with Gasteiger partial charge in [0.2, 0.25) is 5.91 Å². The quantitative estimate of drug-likeness (QED) is 0.816. The number of carboxylic acid groups (broad SMARTS) is 1. The molecule has 1 amide bonds. The van der Waals surface area contributed by atoms with Gasteiger partial charge in [0.25, 0.3) is 0 Å². The predicted molar refractivity (Wildman–Crippen MR) is 80.4 cm³/mol. The fourth-order valence-corrected chi connectivity index (χ4v) is 2.46. The minimum atomic E-state index is -0.805. The number of methoxy groups -OCH3 is 2. The van der Waals surface area contributed by atoms with Crippen LogP contribution in [0.25, 0.3) is 0 Å². The zero-order valence-electron chi connectivity index (χ0n) is 12.7. The van der Waals surface area contributed by atoms with Gasteiger partial charge in [-0.2, -0.15) is 0 Å². The lowest BCUT2D eigenvalue weighted by atomic mass is 10.1.